The van der Waals surface area contributed by atoms with Gasteiger partial charge in [0.15, 0.2) is 0 Å². The molecular formula is C13H16Cl2N2. The van der Waals surface area contributed by atoms with Crippen molar-refractivity contribution in [3.8, 4) is 0 Å². The first-order valence-electron chi connectivity index (χ1n) is 6.18. The lowest BCUT2D eigenvalue weighted by molar-refractivity contribution is 0.231. The Hall–Kier alpha value is -0.440. The van der Waals surface area contributed by atoms with Crippen LogP contribution in [0, 0.1) is 0 Å². The van der Waals surface area contributed by atoms with Crippen LogP contribution in [-0.2, 0) is 0 Å². The highest BCUT2D eigenvalue weighted by Crippen LogP contribution is 2.32. The Kier molecular flexibility index (Phi) is 3.20. The molecule has 1 aromatic rings. The van der Waals surface area contributed by atoms with E-state index < -0.39 is 0 Å². The van der Waals surface area contributed by atoms with Gasteiger partial charge in [0.1, 0.15) is 0 Å². The molecule has 2 aliphatic heterocycles. The minimum atomic E-state index is 0.707. The van der Waals surface area contributed by atoms with E-state index in [1.807, 2.05) is 18.2 Å². The van der Waals surface area contributed by atoms with Gasteiger partial charge in [-0.15, -0.1) is 0 Å². The van der Waals surface area contributed by atoms with Crippen LogP contribution in [0.1, 0.15) is 12.8 Å². The smallest absolute Gasteiger partial charge is 0.0640 e. The molecule has 2 heterocycles. The maximum atomic E-state index is 6.26. The predicted molar refractivity (Wildman–Crippen MR) is 73.3 cm³/mol. The average molecular weight is 271 g/mol. The lowest BCUT2D eigenvalue weighted by Crippen LogP contribution is -2.50. The molecule has 2 saturated heterocycles. The summed E-state index contributed by atoms with van der Waals surface area (Å²) in [6, 6.07) is 6.42. The summed E-state index contributed by atoms with van der Waals surface area (Å²) in [6.45, 7) is 4.55. The van der Waals surface area contributed by atoms with Gasteiger partial charge in [0.05, 0.1) is 10.7 Å². The number of rotatable bonds is 1. The maximum Gasteiger partial charge on any atom is 0.0640 e. The van der Waals surface area contributed by atoms with Gasteiger partial charge in [-0.3, -0.25) is 4.90 Å². The zero-order valence-corrected chi connectivity index (χ0v) is 11.2. The van der Waals surface area contributed by atoms with E-state index in [2.05, 4.69) is 9.80 Å². The van der Waals surface area contributed by atoms with Gasteiger partial charge in [0.25, 0.3) is 0 Å². The van der Waals surface area contributed by atoms with Crippen molar-refractivity contribution in [2.24, 2.45) is 0 Å². The van der Waals surface area contributed by atoms with Crippen LogP contribution in [0.25, 0.3) is 0 Å². The molecule has 0 radical (unpaired) electrons. The highest BCUT2D eigenvalue weighted by atomic mass is 35.5. The monoisotopic (exact) mass is 270 g/mol. The number of fused-ring (bicyclic) bond motifs is 1. The molecule has 2 fully saturated rings. The Morgan fingerprint density at radius 1 is 1.12 bits per heavy atom. The van der Waals surface area contributed by atoms with E-state index in [0.29, 0.717) is 6.04 Å². The highest BCUT2D eigenvalue weighted by molar-refractivity contribution is 6.35. The molecule has 0 aliphatic carbocycles. The lowest BCUT2D eigenvalue weighted by atomic mass is 10.1. The van der Waals surface area contributed by atoms with E-state index in [9.17, 15) is 0 Å². The van der Waals surface area contributed by atoms with Crippen molar-refractivity contribution in [1.29, 1.82) is 0 Å². The van der Waals surface area contributed by atoms with Crippen molar-refractivity contribution in [3.63, 3.8) is 0 Å². The van der Waals surface area contributed by atoms with Crippen molar-refractivity contribution < 1.29 is 0 Å². The van der Waals surface area contributed by atoms with Gasteiger partial charge >= 0.3 is 0 Å². The van der Waals surface area contributed by atoms with Gasteiger partial charge in [-0.1, -0.05) is 23.2 Å². The molecule has 0 bridgehead atoms. The molecule has 1 unspecified atom stereocenters. The molecule has 2 aliphatic rings. The number of hydrogen-bond acceptors (Lipinski definition) is 2. The predicted octanol–water partition coefficient (Wildman–Crippen LogP) is 3.28. The second kappa shape index (κ2) is 4.68. The fraction of sp³-hybridized carbons (Fsp3) is 0.538. The van der Waals surface area contributed by atoms with E-state index in [-0.39, 0.29) is 0 Å². The minimum absolute atomic E-state index is 0.707. The van der Waals surface area contributed by atoms with Crippen LogP contribution in [0.15, 0.2) is 18.2 Å². The van der Waals surface area contributed by atoms with E-state index in [1.165, 1.54) is 19.4 Å². The van der Waals surface area contributed by atoms with E-state index in [1.54, 1.807) is 0 Å². The number of piperazine rings is 1. The van der Waals surface area contributed by atoms with Gasteiger partial charge in [-0.2, -0.15) is 0 Å². The van der Waals surface area contributed by atoms with Crippen LogP contribution in [0.4, 0.5) is 5.69 Å². The summed E-state index contributed by atoms with van der Waals surface area (Å²) in [5, 5.41) is 1.57. The molecular weight excluding hydrogens is 255 g/mol. The van der Waals surface area contributed by atoms with Gasteiger partial charge in [-0.25, -0.2) is 0 Å². The third-order valence-corrected chi connectivity index (χ3v) is 4.39. The average Bonchev–Trinajstić information content (AvgIpc) is 2.79. The maximum absolute atomic E-state index is 6.26. The van der Waals surface area contributed by atoms with Crippen molar-refractivity contribution in [2.75, 3.05) is 31.1 Å². The molecule has 4 heteroatoms. The summed E-state index contributed by atoms with van der Waals surface area (Å²) in [7, 11) is 0. The zero-order valence-electron chi connectivity index (χ0n) is 9.70. The van der Waals surface area contributed by atoms with Crippen molar-refractivity contribution in [1.82, 2.24) is 4.90 Å². The SMILES string of the molecule is Clc1ccc(Cl)c(N2CCN3CCCC3C2)c1. The minimum Gasteiger partial charge on any atom is -0.367 e. The molecule has 3 rings (SSSR count). The first kappa shape index (κ1) is 11.6. The van der Waals surface area contributed by atoms with Crippen LogP contribution in [-0.4, -0.2) is 37.1 Å². The van der Waals surface area contributed by atoms with Gasteiger partial charge in [0, 0.05) is 30.7 Å². The number of nitrogens with zero attached hydrogens (tertiary/aromatic N) is 2. The van der Waals surface area contributed by atoms with Gasteiger partial charge in [0.2, 0.25) is 0 Å². The molecule has 17 heavy (non-hydrogen) atoms. The summed E-state index contributed by atoms with van der Waals surface area (Å²) in [4.78, 5) is 4.97. The standard InChI is InChI=1S/C13H16Cl2N2/c14-10-3-4-12(15)13(8-10)17-7-6-16-5-1-2-11(16)9-17/h3-4,8,11H,1-2,5-7,9H2. The zero-order chi connectivity index (χ0) is 11.8. The summed E-state index contributed by atoms with van der Waals surface area (Å²) in [5.41, 5.74) is 1.09. The van der Waals surface area contributed by atoms with Crippen molar-refractivity contribution in [2.45, 2.75) is 18.9 Å². The Morgan fingerprint density at radius 2 is 2.00 bits per heavy atom. The molecule has 1 aromatic carbocycles. The van der Waals surface area contributed by atoms with Crippen molar-refractivity contribution >= 4 is 28.9 Å². The Balaban J connectivity index is 1.82. The number of benzene rings is 1. The van der Waals surface area contributed by atoms with Gasteiger partial charge < -0.3 is 4.90 Å². The van der Waals surface area contributed by atoms with Crippen LogP contribution in [0.5, 0.6) is 0 Å². The first-order valence-corrected chi connectivity index (χ1v) is 6.94. The fourth-order valence-electron chi connectivity index (χ4n) is 2.94. The molecule has 2 nitrogen and oxygen atoms in total. The largest absolute Gasteiger partial charge is 0.367 e. The molecule has 92 valence electrons. The highest BCUT2D eigenvalue weighted by Gasteiger charge is 2.31. The van der Waals surface area contributed by atoms with Gasteiger partial charge in [-0.05, 0) is 37.6 Å². The molecule has 0 amide bonds. The van der Waals surface area contributed by atoms with Crippen molar-refractivity contribution in [3.05, 3.63) is 28.2 Å². The Morgan fingerprint density at radius 3 is 2.88 bits per heavy atom. The quantitative estimate of drug-likeness (QED) is 0.773. The van der Waals surface area contributed by atoms with E-state index >= 15 is 0 Å². The normalized spacial score (nSPS) is 25.1. The summed E-state index contributed by atoms with van der Waals surface area (Å²) >= 11 is 12.3. The Labute approximate surface area is 112 Å². The van der Waals surface area contributed by atoms with Crippen LogP contribution in [0.2, 0.25) is 10.0 Å². The first-order chi connectivity index (χ1) is 8.24. The second-order valence-electron chi connectivity index (χ2n) is 4.87. The van der Waals surface area contributed by atoms with E-state index in [4.69, 9.17) is 23.2 Å². The third-order valence-electron chi connectivity index (χ3n) is 3.84. The number of anilines is 1. The lowest BCUT2D eigenvalue weighted by Gasteiger charge is -2.39. The summed E-state index contributed by atoms with van der Waals surface area (Å²) in [6.07, 6.45) is 2.65. The fourth-order valence-corrected chi connectivity index (χ4v) is 3.34. The third kappa shape index (κ3) is 2.26. The molecule has 0 N–H and O–H groups in total. The topological polar surface area (TPSA) is 6.48 Å². The second-order valence-corrected chi connectivity index (χ2v) is 5.72. The summed E-state index contributed by atoms with van der Waals surface area (Å²) < 4.78 is 0. The molecule has 1 atom stereocenters. The van der Waals surface area contributed by atoms with Crippen LogP contribution >= 0.6 is 23.2 Å². The molecule has 0 saturated carbocycles. The number of hydrogen-bond donors (Lipinski definition) is 0. The van der Waals surface area contributed by atoms with Crippen LogP contribution in [0.3, 0.4) is 0 Å². The molecule has 0 aromatic heterocycles. The Bertz CT molecular complexity index is 422. The van der Waals surface area contributed by atoms with E-state index in [0.717, 1.165) is 35.4 Å². The summed E-state index contributed by atoms with van der Waals surface area (Å²) in [5.74, 6) is 0. The molecule has 0 spiro atoms. The van der Waals surface area contributed by atoms with Crippen LogP contribution < -0.4 is 4.90 Å². The number of halogens is 2.